The maximum absolute atomic E-state index is 13.1. The summed E-state index contributed by atoms with van der Waals surface area (Å²) in [7, 11) is 0. The fraction of sp³-hybridized carbons (Fsp3) is 0.407. The highest BCUT2D eigenvalue weighted by atomic mass is 16.3. The lowest BCUT2D eigenvalue weighted by molar-refractivity contribution is -0.132. The molecule has 174 valence electrons. The second-order valence-electron chi connectivity index (χ2n) is 9.35. The van der Waals surface area contributed by atoms with Crippen LogP contribution in [0.5, 0.6) is 11.5 Å². The molecule has 0 spiro atoms. The van der Waals surface area contributed by atoms with E-state index in [0.29, 0.717) is 17.7 Å². The lowest BCUT2D eigenvalue weighted by atomic mass is 9.85. The van der Waals surface area contributed by atoms with Crippen molar-refractivity contribution in [2.75, 3.05) is 13.1 Å². The van der Waals surface area contributed by atoms with E-state index in [-0.39, 0.29) is 52.1 Å². The third-order valence-electron chi connectivity index (χ3n) is 6.35. The van der Waals surface area contributed by atoms with E-state index >= 15 is 0 Å². The summed E-state index contributed by atoms with van der Waals surface area (Å²) < 4.78 is 6.17. The van der Waals surface area contributed by atoms with Gasteiger partial charge in [0.05, 0.1) is 0 Å². The summed E-state index contributed by atoms with van der Waals surface area (Å²) in [6.07, 6.45) is 3.99. The van der Waals surface area contributed by atoms with Gasteiger partial charge in [-0.3, -0.25) is 9.59 Å². The second-order valence-corrected chi connectivity index (χ2v) is 9.35. The number of benzene rings is 2. The van der Waals surface area contributed by atoms with Crippen molar-refractivity contribution < 1.29 is 19.4 Å². The maximum Gasteiger partial charge on any atom is 0.223 e. The minimum atomic E-state index is -0.389. The number of piperidine rings is 1. The van der Waals surface area contributed by atoms with Gasteiger partial charge in [-0.1, -0.05) is 44.2 Å². The highest BCUT2D eigenvalue weighted by molar-refractivity contribution is 5.90. The van der Waals surface area contributed by atoms with E-state index < -0.39 is 0 Å². The Balaban J connectivity index is 1.85. The summed E-state index contributed by atoms with van der Waals surface area (Å²) in [4.78, 5) is 28.0. The van der Waals surface area contributed by atoms with Crippen LogP contribution in [0.1, 0.15) is 57.4 Å². The minimum Gasteiger partial charge on any atom is -0.507 e. The Hall–Kier alpha value is -3.28. The molecule has 0 radical (unpaired) electrons. The third kappa shape index (κ3) is 4.90. The van der Waals surface area contributed by atoms with Gasteiger partial charge in [0.2, 0.25) is 5.91 Å². The van der Waals surface area contributed by atoms with Crippen molar-refractivity contribution >= 4 is 16.9 Å². The van der Waals surface area contributed by atoms with Gasteiger partial charge in [0.15, 0.2) is 5.43 Å². The number of hydrogen-bond donors (Lipinski definition) is 2. The largest absolute Gasteiger partial charge is 0.507 e. The topological polar surface area (TPSA) is 91.0 Å². The first-order chi connectivity index (χ1) is 15.8. The van der Waals surface area contributed by atoms with Crippen LogP contribution in [-0.4, -0.2) is 34.1 Å². The zero-order chi connectivity index (χ0) is 23.5. The summed E-state index contributed by atoms with van der Waals surface area (Å²) in [6, 6.07) is 11.8. The third-order valence-corrected chi connectivity index (χ3v) is 6.35. The number of amides is 1. The van der Waals surface area contributed by atoms with Gasteiger partial charge >= 0.3 is 0 Å². The highest BCUT2D eigenvalue weighted by Gasteiger charge is 2.29. The monoisotopic (exact) mass is 449 g/mol. The molecule has 1 amide bonds. The zero-order valence-electron chi connectivity index (χ0n) is 19.2. The molecule has 2 aromatic carbocycles. The summed E-state index contributed by atoms with van der Waals surface area (Å²) in [5, 5.41) is 21.4. The smallest absolute Gasteiger partial charge is 0.223 e. The molecule has 1 atom stereocenters. The van der Waals surface area contributed by atoms with Crippen molar-refractivity contribution in [3.8, 4) is 22.8 Å². The molecule has 1 aliphatic heterocycles. The normalized spacial score (nSPS) is 15.2. The fourth-order valence-electron chi connectivity index (χ4n) is 4.82. The number of nitrogens with zero attached hydrogens (tertiary/aromatic N) is 1. The molecule has 0 aliphatic carbocycles. The first kappa shape index (κ1) is 22.9. The van der Waals surface area contributed by atoms with E-state index in [1.807, 2.05) is 35.2 Å². The molecule has 1 saturated heterocycles. The Morgan fingerprint density at radius 2 is 1.73 bits per heavy atom. The van der Waals surface area contributed by atoms with Gasteiger partial charge in [-0.25, -0.2) is 0 Å². The Kier molecular flexibility index (Phi) is 6.72. The van der Waals surface area contributed by atoms with Gasteiger partial charge in [0.1, 0.15) is 28.2 Å². The van der Waals surface area contributed by atoms with E-state index in [1.54, 1.807) is 0 Å². The molecular weight excluding hydrogens is 418 g/mol. The van der Waals surface area contributed by atoms with Crippen molar-refractivity contribution in [1.82, 2.24) is 4.90 Å². The molecule has 4 rings (SSSR count). The molecule has 3 aromatic rings. The van der Waals surface area contributed by atoms with Crippen LogP contribution in [0.3, 0.4) is 0 Å². The lowest BCUT2D eigenvalue weighted by Gasteiger charge is -2.29. The highest BCUT2D eigenvalue weighted by Crippen LogP contribution is 2.42. The Labute approximate surface area is 193 Å². The summed E-state index contributed by atoms with van der Waals surface area (Å²) in [6.45, 7) is 5.62. The molecule has 1 aromatic heterocycles. The van der Waals surface area contributed by atoms with E-state index in [0.717, 1.165) is 37.9 Å². The Morgan fingerprint density at radius 1 is 1.03 bits per heavy atom. The van der Waals surface area contributed by atoms with Crippen LogP contribution in [0.2, 0.25) is 0 Å². The first-order valence-corrected chi connectivity index (χ1v) is 11.7. The number of carbonyl (C=O) groups is 1. The number of aromatic hydroxyl groups is 2. The predicted octanol–water partition coefficient (Wildman–Crippen LogP) is 5.40. The van der Waals surface area contributed by atoms with Crippen LogP contribution in [-0.2, 0) is 4.79 Å². The molecule has 0 bridgehead atoms. The molecule has 2 heterocycles. The van der Waals surface area contributed by atoms with Crippen LogP contribution < -0.4 is 5.43 Å². The summed E-state index contributed by atoms with van der Waals surface area (Å²) in [5.41, 5.74) is 0.891. The quantitative estimate of drug-likeness (QED) is 0.526. The average molecular weight is 450 g/mol. The average Bonchev–Trinajstić information content (AvgIpc) is 2.79. The molecular formula is C27H31NO5. The van der Waals surface area contributed by atoms with Crippen molar-refractivity contribution in [1.29, 1.82) is 0 Å². The molecule has 0 saturated carbocycles. The van der Waals surface area contributed by atoms with Crippen LogP contribution in [0.25, 0.3) is 22.3 Å². The molecule has 2 N–H and O–H groups in total. The SMILES string of the molecule is CC(C)C[C@H](CC(=O)N1CCCCC1)c1c(O)cc(O)c2c(=O)cc(-c3ccccc3)oc12. The van der Waals surface area contributed by atoms with Crippen molar-refractivity contribution in [3.05, 3.63) is 58.3 Å². The number of likely N-dealkylation sites (tertiary alicyclic amines) is 1. The fourth-order valence-corrected chi connectivity index (χ4v) is 4.82. The number of phenols is 2. The van der Waals surface area contributed by atoms with E-state index in [9.17, 15) is 19.8 Å². The molecule has 0 unspecified atom stereocenters. The molecule has 6 nitrogen and oxygen atoms in total. The van der Waals surface area contributed by atoms with Crippen molar-refractivity contribution in [3.63, 3.8) is 0 Å². The standard InChI is InChI=1S/C27H31NO5/c1-17(2)13-19(14-24(32)28-11-7-4-8-12-28)25-20(29)15-21(30)26-22(31)16-23(33-27(25)26)18-9-5-3-6-10-18/h3,5-6,9-10,15-17,19,29-30H,4,7-8,11-14H2,1-2H3/t19-/m1/s1. The van der Waals surface area contributed by atoms with Gasteiger partial charge in [-0.05, 0) is 31.6 Å². The van der Waals surface area contributed by atoms with E-state index in [1.165, 1.54) is 12.1 Å². The Bertz CT molecular complexity index is 1190. The molecule has 1 aliphatic rings. The lowest BCUT2D eigenvalue weighted by Crippen LogP contribution is -2.36. The number of hydrogen-bond acceptors (Lipinski definition) is 5. The van der Waals surface area contributed by atoms with Crippen LogP contribution in [0, 0.1) is 5.92 Å². The Morgan fingerprint density at radius 3 is 2.39 bits per heavy atom. The van der Waals surface area contributed by atoms with Gasteiger partial charge in [0.25, 0.3) is 0 Å². The number of phenolic OH excluding ortho intramolecular Hbond substituents is 2. The predicted molar refractivity (Wildman–Crippen MR) is 128 cm³/mol. The molecule has 1 fully saturated rings. The van der Waals surface area contributed by atoms with E-state index in [2.05, 4.69) is 13.8 Å². The van der Waals surface area contributed by atoms with Crippen LogP contribution in [0.4, 0.5) is 0 Å². The van der Waals surface area contributed by atoms with Crippen molar-refractivity contribution in [2.45, 2.75) is 51.9 Å². The maximum atomic E-state index is 13.1. The number of rotatable bonds is 6. The van der Waals surface area contributed by atoms with E-state index in [4.69, 9.17) is 4.42 Å². The number of fused-ring (bicyclic) bond motifs is 1. The summed E-state index contributed by atoms with van der Waals surface area (Å²) >= 11 is 0. The summed E-state index contributed by atoms with van der Waals surface area (Å²) in [5.74, 6) is -0.198. The van der Waals surface area contributed by atoms with Gasteiger partial charge in [-0.15, -0.1) is 0 Å². The van der Waals surface area contributed by atoms with Crippen LogP contribution >= 0.6 is 0 Å². The second kappa shape index (κ2) is 9.69. The number of carbonyl (C=O) groups excluding carboxylic acids is 1. The molecule has 6 heteroatoms. The van der Waals surface area contributed by atoms with Gasteiger partial charge in [-0.2, -0.15) is 0 Å². The zero-order valence-corrected chi connectivity index (χ0v) is 19.2. The van der Waals surface area contributed by atoms with Crippen molar-refractivity contribution in [2.24, 2.45) is 5.92 Å². The van der Waals surface area contributed by atoms with Gasteiger partial charge < -0.3 is 19.5 Å². The van der Waals surface area contributed by atoms with Gasteiger partial charge in [0, 0.05) is 48.7 Å². The van der Waals surface area contributed by atoms with Crippen LogP contribution in [0.15, 0.2) is 51.7 Å². The molecule has 33 heavy (non-hydrogen) atoms. The first-order valence-electron chi connectivity index (χ1n) is 11.7. The minimum absolute atomic E-state index is 0.0293.